The van der Waals surface area contributed by atoms with E-state index >= 15 is 0 Å². The van der Waals surface area contributed by atoms with Gasteiger partial charge >= 0.3 is 0 Å². The molecular weight excluding hydrogens is 290 g/mol. The van der Waals surface area contributed by atoms with E-state index < -0.39 is 0 Å². The first kappa shape index (κ1) is 10.9. The molecule has 1 saturated heterocycles. The molecule has 0 saturated carbocycles. The smallest absolute Gasteiger partial charge is 0.172 e. The number of aromatic nitrogens is 1. The van der Waals surface area contributed by atoms with Crippen LogP contribution in [-0.4, -0.2) is 24.0 Å². The van der Waals surface area contributed by atoms with Gasteiger partial charge in [0.1, 0.15) is 5.01 Å². The molecule has 0 bridgehead atoms. The van der Waals surface area contributed by atoms with Crippen molar-refractivity contribution < 1.29 is 9.47 Å². The summed E-state index contributed by atoms with van der Waals surface area (Å²) in [4.78, 5) is 4.38. The fourth-order valence-electron chi connectivity index (χ4n) is 2.16. The van der Waals surface area contributed by atoms with E-state index in [2.05, 4.69) is 27.0 Å². The van der Waals surface area contributed by atoms with Crippen molar-refractivity contribution in [3.05, 3.63) is 21.1 Å². The van der Waals surface area contributed by atoms with E-state index in [9.17, 15) is 0 Å². The summed E-state index contributed by atoms with van der Waals surface area (Å²) in [6.45, 7) is 1.46. The summed E-state index contributed by atoms with van der Waals surface area (Å²) >= 11 is 5.12. The van der Waals surface area contributed by atoms with Gasteiger partial charge in [-0.05, 0) is 27.9 Å². The SMILES string of the molecule is Brc1cnc(C2=CCC3(CC2)OCCO3)s1. The molecule has 1 aliphatic heterocycles. The number of rotatable bonds is 1. The highest BCUT2D eigenvalue weighted by Crippen LogP contribution is 2.39. The lowest BCUT2D eigenvalue weighted by Gasteiger charge is -2.30. The third kappa shape index (κ3) is 1.97. The van der Waals surface area contributed by atoms with Gasteiger partial charge in [0, 0.05) is 12.8 Å². The second-order valence-corrected chi connectivity index (χ2v) is 6.42. The van der Waals surface area contributed by atoms with Crippen LogP contribution in [0.15, 0.2) is 16.1 Å². The summed E-state index contributed by atoms with van der Waals surface area (Å²) in [7, 11) is 0. The van der Waals surface area contributed by atoms with Gasteiger partial charge in [-0.1, -0.05) is 6.08 Å². The molecule has 1 fully saturated rings. The Kier molecular flexibility index (Phi) is 2.87. The Morgan fingerprint density at radius 3 is 2.75 bits per heavy atom. The standard InChI is InChI=1S/C11H12BrNO2S/c12-9-7-13-10(16-9)8-1-3-11(4-2-8)14-5-6-15-11/h1,7H,2-6H2. The molecular formula is C11H12BrNO2S. The van der Waals surface area contributed by atoms with Gasteiger partial charge in [0.15, 0.2) is 5.79 Å². The molecule has 86 valence electrons. The van der Waals surface area contributed by atoms with Crippen LogP contribution in [0.4, 0.5) is 0 Å². The fourth-order valence-corrected chi connectivity index (χ4v) is 3.44. The van der Waals surface area contributed by atoms with Gasteiger partial charge in [0.05, 0.1) is 23.2 Å². The van der Waals surface area contributed by atoms with E-state index in [1.54, 1.807) is 11.3 Å². The molecule has 1 aromatic rings. The zero-order valence-corrected chi connectivity index (χ0v) is 11.1. The molecule has 0 amide bonds. The molecule has 5 heteroatoms. The first-order valence-corrected chi connectivity index (χ1v) is 6.97. The van der Waals surface area contributed by atoms with E-state index in [4.69, 9.17) is 9.47 Å². The lowest BCUT2D eigenvalue weighted by molar-refractivity contribution is -0.159. The van der Waals surface area contributed by atoms with Crippen molar-refractivity contribution in [2.75, 3.05) is 13.2 Å². The van der Waals surface area contributed by atoms with Crippen LogP contribution in [0.2, 0.25) is 0 Å². The highest BCUT2D eigenvalue weighted by molar-refractivity contribution is 9.11. The molecule has 3 nitrogen and oxygen atoms in total. The Morgan fingerprint density at radius 2 is 2.19 bits per heavy atom. The maximum atomic E-state index is 5.68. The van der Waals surface area contributed by atoms with Gasteiger partial charge in [0.25, 0.3) is 0 Å². The lowest BCUT2D eigenvalue weighted by Crippen LogP contribution is -2.31. The number of allylic oxidation sites excluding steroid dienone is 1. The predicted molar refractivity (Wildman–Crippen MR) is 66.3 cm³/mol. The Balaban J connectivity index is 1.78. The molecule has 0 radical (unpaired) electrons. The molecule has 0 aromatic carbocycles. The summed E-state index contributed by atoms with van der Waals surface area (Å²) in [5.41, 5.74) is 1.32. The van der Waals surface area contributed by atoms with Gasteiger partial charge in [-0.15, -0.1) is 11.3 Å². The highest BCUT2D eigenvalue weighted by Gasteiger charge is 2.37. The highest BCUT2D eigenvalue weighted by atomic mass is 79.9. The average molecular weight is 302 g/mol. The maximum absolute atomic E-state index is 5.68. The van der Waals surface area contributed by atoms with Gasteiger partial charge in [-0.25, -0.2) is 4.98 Å². The zero-order chi connectivity index (χ0) is 11.0. The number of halogens is 1. The number of hydrogen-bond donors (Lipinski definition) is 0. The van der Waals surface area contributed by atoms with Crippen LogP contribution in [0.1, 0.15) is 24.3 Å². The monoisotopic (exact) mass is 301 g/mol. The second-order valence-electron chi connectivity index (χ2n) is 4.01. The van der Waals surface area contributed by atoms with E-state index in [1.165, 1.54) is 5.57 Å². The second kappa shape index (κ2) is 4.22. The summed E-state index contributed by atoms with van der Waals surface area (Å²) < 4.78 is 12.4. The van der Waals surface area contributed by atoms with Crippen LogP contribution >= 0.6 is 27.3 Å². The Bertz CT molecular complexity index is 423. The van der Waals surface area contributed by atoms with Gasteiger partial charge in [0.2, 0.25) is 0 Å². The molecule has 1 aliphatic carbocycles. The van der Waals surface area contributed by atoms with Gasteiger partial charge in [-0.3, -0.25) is 0 Å². The molecule has 0 N–H and O–H groups in total. The Labute approximate surface area is 107 Å². The minimum absolute atomic E-state index is 0.321. The van der Waals surface area contributed by atoms with E-state index in [-0.39, 0.29) is 5.79 Å². The van der Waals surface area contributed by atoms with E-state index in [1.807, 2.05) is 6.20 Å². The average Bonchev–Trinajstić information content (AvgIpc) is 2.90. The topological polar surface area (TPSA) is 31.4 Å². The summed E-state index contributed by atoms with van der Waals surface area (Å²) in [5.74, 6) is -0.321. The summed E-state index contributed by atoms with van der Waals surface area (Å²) in [5, 5.41) is 1.11. The molecule has 16 heavy (non-hydrogen) atoms. The summed E-state index contributed by atoms with van der Waals surface area (Å²) in [6.07, 6.45) is 6.84. The van der Waals surface area contributed by atoms with Crippen molar-refractivity contribution in [1.82, 2.24) is 4.98 Å². The molecule has 1 spiro atoms. The van der Waals surface area contributed by atoms with Crippen LogP contribution in [0.5, 0.6) is 0 Å². The van der Waals surface area contributed by atoms with Crippen LogP contribution < -0.4 is 0 Å². The van der Waals surface area contributed by atoms with E-state index in [0.29, 0.717) is 0 Å². The Morgan fingerprint density at radius 1 is 1.38 bits per heavy atom. The third-order valence-electron chi connectivity index (χ3n) is 3.00. The molecule has 1 aromatic heterocycles. The van der Waals surface area contributed by atoms with Gasteiger partial charge < -0.3 is 9.47 Å². The van der Waals surface area contributed by atoms with Crippen molar-refractivity contribution in [3.63, 3.8) is 0 Å². The van der Waals surface area contributed by atoms with Crippen molar-refractivity contribution in [2.24, 2.45) is 0 Å². The summed E-state index contributed by atoms with van der Waals surface area (Å²) in [6, 6.07) is 0. The largest absolute Gasteiger partial charge is 0.347 e. The normalized spacial score (nSPS) is 23.7. The van der Waals surface area contributed by atoms with Crippen molar-refractivity contribution in [2.45, 2.75) is 25.0 Å². The van der Waals surface area contributed by atoms with Crippen LogP contribution in [0, 0.1) is 0 Å². The zero-order valence-electron chi connectivity index (χ0n) is 8.74. The molecule has 2 heterocycles. The van der Waals surface area contributed by atoms with Crippen molar-refractivity contribution in [3.8, 4) is 0 Å². The lowest BCUT2D eigenvalue weighted by atomic mass is 9.94. The number of ether oxygens (including phenoxy) is 2. The molecule has 0 unspecified atom stereocenters. The van der Waals surface area contributed by atoms with Gasteiger partial charge in [-0.2, -0.15) is 0 Å². The molecule has 2 aliphatic rings. The minimum Gasteiger partial charge on any atom is -0.347 e. The first-order chi connectivity index (χ1) is 7.77. The third-order valence-corrected chi connectivity index (χ3v) is 4.55. The van der Waals surface area contributed by atoms with Crippen molar-refractivity contribution >= 4 is 32.8 Å². The van der Waals surface area contributed by atoms with Crippen LogP contribution in [0.3, 0.4) is 0 Å². The fraction of sp³-hybridized carbons (Fsp3) is 0.545. The quantitative estimate of drug-likeness (QED) is 0.798. The number of nitrogens with zero attached hydrogens (tertiary/aromatic N) is 1. The van der Waals surface area contributed by atoms with Crippen LogP contribution in [-0.2, 0) is 9.47 Å². The molecule has 3 rings (SSSR count). The Hall–Kier alpha value is -0.230. The number of hydrogen-bond acceptors (Lipinski definition) is 4. The first-order valence-electron chi connectivity index (χ1n) is 5.36. The number of thiazole rings is 1. The molecule has 0 atom stereocenters. The van der Waals surface area contributed by atoms with E-state index in [0.717, 1.165) is 41.3 Å². The minimum atomic E-state index is -0.321. The van der Waals surface area contributed by atoms with Crippen LogP contribution in [0.25, 0.3) is 5.57 Å². The van der Waals surface area contributed by atoms with Crippen molar-refractivity contribution in [1.29, 1.82) is 0 Å². The predicted octanol–water partition coefficient (Wildman–Crippen LogP) is 3.22. The maximum Gasteiger partial charge on any atom is 0.172 e.